The lowest BCUT2D eigenvalue weighted by molar-refractivity contribution is 0.0703. The number of piperidine rings is 1. The number of benzene rings is 1. The van der Waals surface area contributed by atoms with E-state index in [0.717, 1.165) is 30.5 Å². The molecule has 1 saturated heterocycles. The van der Waals surface area contributed by atoms with Crippen LogP contribution < -0.4 is 5.73 Å². The quantitative estimate of drug-likeness (QED) is 0.844. The maximum absolute atomic E-state index is 12.5. The predicted octanol–water partition coefficient (Wildman–Crippen LogP) is 2.44. The van der Waals surface area contributed by atoms with E-state index in [4.69, 9.17) is 18.0 Å². The summed E-state index contributed by atoms with van der Waals surface area (Å²) in [6.45, 7) is 5.53. The van der Waals surface area contributed by atoms with E-state index in [9.17, 15) is 4.79 Å². The number of amides is 1. The Balaban J connectivity index is 2.14. The van der Waals surface area contributed by atoms with Crippen LogP contribution in [-0.4, -0.2) is 28.9 Å². The fraction of sp³-hybridized carbons (Fsp3) is 0.467. The van der Waals surface area contributed by atoms with E-state index in [0.29, 0.717) is 11.5 Å². The Bertz CT molecular complexity index is 513. The van der Waals surface area contributed by atoms with Crippen molar-refractivity contribution in [1.29, 1.82) is 0 Å². The molecule has 102 valence electrons. The zero-order valence-electron chi connectivity index (χ0n) is 11.5. The highest BCUT2D eigenvalue weighted by Gasteiger charge is 2.25. The second kappa shape index (κ2) is 5.70. The fourth-order valence-electron chi connectivity index (χ4n) is 2.45. The Hall–Kier alpha value is -1.42. The lowest BCUT2D eigenvalue weighted by Crippen LogP contribution is -2.43. The molecule has 0 saturated carbocycles. The molecule has 2 N–H and O–H groups in total. The molecule has 0 bridgehead atoms. The van der Waals surface area contributed by atoms with E-state index in [-0.39, 0.29) is 11.8 Å². The van der Waals surface area contributed by atoms with Crippen LogP contribution in [0.15, 0.2) is 18.2 Å². The molecule has 1 heterocycles. The summed E-state index contributed by atoms with van der Waals surface area (Å²) in [6, 6.07) is 5.86. The third kappa shape index (κ3) is 3.13. The number of likely N-dealkylation sites (tertiary alicyclic amines) is 1. The van der Waals surface area contributed by atoms with Crippen molar-refractivity contribution < 1.29 is 4.79 Å². The molecule has 1 amide bonds. The molecule has 1 aromatic carbocycles. The van der Waals surface area contributed by atoms with Gasteiger partial charge in [0.05, 0.1) is 4.99 Å². The molecule has 1 aromatic rings. The number of nitrogens with two attached hydrogens (primary N) is 1. The van der Waals surface area contributed by atoms with Crippen LogP contribution in [0.2, 0.25) is 0 Å². The largest absolute Gasteiger partial charge is 0.393 e. The number of nitrogens with zero attached hydrogens (tertiary/aromatic N) is 1. The van der Waals surface area contributed by atoms with Gasteiger partial charge in [0, 0.05) is 24.6 Å². The van der Waals surface area contributed by atoms with Gasteiger partial charge >= 0.3 is 0 Å². The molecule has 0 radical (unpaired) electrons. The highest BCUT2D eigenvalue weighted by Crippen LogP contribution is 2.20. The van der Waals surface area contributed by atoms with Crippen molar-refractivity contribution in [3.8, 4) is 0 Å². The molecule has 1 aliphatic rings. The molecule has 1 aliphatic heterocycles. The third-order valence-corrected chi connectivity index (χ3v) is 4.20. The van der Waals surface area contributed by atoms with Crippen LogP contribution in [0, 0.1) is 19.8 Å². The Morgan fingerprint density at radius 1 is 1.37 bits per heavy atom. The summed E-state index contributed by atoms with van der Waals surface area (Å²) >= 11 is 5.05. The average molecular weight is 276 g/mol. The lowest BCUT2D eigenvalue weighted by Gasteiger charge is -2.32. The Kier molecular flexibility index (Phi) is 4.20. The topological polar surface area (TPSA) is 46.3 Å². The maximum Gasteiger partial charge on any atom is 0.253 e. The number of rotatable bonds is 2. The van der Waals surface area contributed by atoms with Crippen molar-refractivity contribution in [3.63, 3.8) is 0 Å². The molecular weight excluding hydrogens is 256 g/mol. The minimum absolute atomic E-state index is 0.0871. The van der Waals surface area contributed by atoms with Crippen LogP contribution in [0.4, 0.5) is 0 Å². The van der Waals surface area contributed by atoms with Gasteiger partial charge in [-0.3, -0.25) is 4.79 Å². The van der Waals surface area contributed by atoms with Gasteiger partial charge in [0.2, 0.25) is 0 Å². The molecule has 1 fully saturated rings. The SMILES string of the molecule is Cc1ccc(C(=O)N2CCCC(C(N)=S)C2)cc1C. The number of hydrogen-bond acceptors (Lipinski definition) is 2. The van der Waals surface area contributed by atoms with E-state index in [1.807, 2.05) is 36.9 Å². The van der Waals surface area contributed by atoms with Crippen molar-refractivity contribution >= 4 is 23.1 Å². The highest BCUT2D eigenvalue weighted by molar-refractivity contribution is 7.80. The Morgan fingerprint density at radius 3 is 2.74 bits per heavy atom. The Morgan fingerprint density at radius 2 is 2.11 bits per heavy atom. The predicted molar refractivity (Wildman–Crippen MR) is 81.3 cm³/mol. The van der Waals surface area contributed by atoms with E-state index < -0.39 is 0 Å². The van der Waals surface area contributed by atoms with Gasteiger partial charge in [0.25, 0.3) is 5.91 Å². The number of aryl methyl sites for hydroxylation is 2. The first-order chi connectivity index (χ1) is 8.99. The second-order valence-electron chi connectivity index (χ2n) is 5.29. The highest BCUT2D eigenvalue weighted by atomic mass is 32.1. The van der Waals surface area contributed by atoms with Gasteiger partial charge in [-0.15, -0.1) is 0 Å². The zero-order chi connectivity index (χ0) is 14.0. The molecule has 2 rings (SSSR count). The van der Waals surface area contributed by atoms with Gasteiger partial charge in [0.1, 0.15) is 0 Å². The minimum Gasteiger partial charge on any atom is -0.393 e. The molecule has 0 spiro atoms. The minimum atomic E-state index is 0.0871. The van der Waals surface area contributed by atoms with Crippen molar-refractivity contribution in [2.75, 3.05) is 13.1 Å². The lowest BCUT2D eigenvalue weighted by atomic mass is 9.97. The molecular formula is C15H20N2OS. The molecule has 1 unspecified atom stereocenters. The number of hydrogen-bond donors (Lipinski definition) is 1. The first kappa shape index (κ1) is 14.0. The first-order valence-corrected chi connectivity index (χ1v) is 7.05. The van der Waals surface area contributed by atoms with Crippen molar-refractivity contribution in [3.05, 3.63) is 34.9 Å². The van der Waals surface area contributed by atoms with Gasteiger partial charge in [-0.2, -0.15) is 0 Å². The smallest absolute Gasteiger partial charge is 0.253 e. The normalized spacial score (nSPS) is 19.3. The van der Waals surface area contributed by atoms with Crippen LogP contribution in [0.5, 0.6) is 0 Å². The molecule has 3 nitrogen and oxygen atoms in total. The van der Waals surface area contributed by atoms with Crippen LogP contribution in [-0.2, 0) is 0 Å². The van der Waals surface area contributed by atoms with E-state index in [1.165, 1.54) is 5.56 Å². The number of thiocarbonyl (C=S) groups is 1. The third-order valence-electron chi connectivity index (χ3n) is 3.86. The summed E-state index contributed by atoms with van der Waals surface area (Å²) in [5.41, 5.74) is 8.81. The van der Waals surface area contributed by atoms with Crippen LogP contribution in [0.1, 0.15) is 34.3 Å². The summed E-state index contributed by atoms with van der Waals surface area (Å²) in [6.07, 6.45) is 1.96. The van der Waals surface area contributed by atoms with E-state index in [2.05, 4.69) is 0 Å². The average Bonchev–Trinajstić information content (AvgIpc) is 2.41. The number of carbonyl (C=O) groups is 1. The van der Waals surface area contributed by atoms with Crippen molar-refractivity contribution in [2.24, 2.45) is 11.7 Å². The van der Waals surface area contributed by atoms with Crippen LogP contribution in [0.3, 0.4) is 0 Å². The Labute approximate surface area is 119 Å². The van der Waals surface area contributed by atoms with Gasteiger partial charge in [-0.25, -0.2) is 0 Å². The molecule has 19 heavy (non-hydrogen) atoms. The number of carbonyl (C=O) groups excluding carboxylic acids is 1. The van der Waals surface area contributed by atoms with Crippen molar-refractivity contribution in [1.82, 2.24) is 4.90 Å². The summed E-state index contributed by atoms with van der Waals surface area (Å²) < 4.78 is 0. The molecule has 4 heteroatoms. The summed E-state index contributed by atoms with van der Waals surface area (Å²) in [5, 5.41) is 0. The molecule has 1 atom stereocenters. The van der Waals surface area contributed by atoms with E-state index >= 15 is 0 Å². The van der Waals surface area contributed by atoms with E-state index in [1.54, 1.807) is 0 Å². The molecule has 0 aliphatic carbocycles. The zero-order valence-corrected chi connectivity index (χ0v) is 12.3. The van der Waals surface area contributed by atoms with Gasteiger partial charge in [-0.05, 0) is 49.9 Å². The van der Waals surface area contributed by atoms with Crippen LogP contribution >= 0.6 is 12.2 Å². The monoisotopic (exact) mass is 276 g/mol. The summed E-state index contributed by atoms with van der Waals surface area (Å²) in [4.78, 5) is 14.9. The summed E-state index contributed by atoms with van der Waals surface area (Å²) in [7, 11) is 0. The van der Waals surface area contributed by atoms with Crippen molar-refractivity contribution in [2.45, 2.75) is 26.7 Å². The second-order valence-corrected chi connectivity index (χ2v) is 5.76. The molecule has 0 aromatic heterocycles. The van der Waals surface area contributed by atoms with Crippen LogP contribution in [0.25, 0.3) is 0 Å². The van der Waals surface area contributed by atoms with Gasteiger partial charge < -0.3 is 10.6 Å². The standard InChI is InChI=1S/C15H20N2OS/c1-10-5-6-12(8-11(10)2)15(18)17-7-3-4-13(9-17)14(16)19/h5-6,8,13H,3-4,7,9H2,1-2H3,(H2,16,19). The van der Waals surface area contributed by atoms with Gasteiger partial charge in [0.15, 0.2) is 0 Å². The fourth-order valence-corrected chi connectivity index (χ4v) is 2.64. The first-order valence-electron chi connectivity index (χ1n) is 6.65. The van der Waals surface area contributed by atoms with Gasteiger partial charge in [-0.1, -0.05) is 18.3 Å². The maximum atomic E-state index is 12.5. The summed E-state index contributed by atoms with van der Waals surface area (Å²) in [5.74, 6) is 0.253.